The molecule has 0 unspecified atom stereocenters. The Morgan fingerprint density at radius 2 is 1.68 bits per heavy atom. The highest BCUT2D eigenvalue weighted by atomic mass is 16.3. The summed E-state index contributed by atoms with van der Waals surface area (Å²) in [6.07, 6.45) is 5.01. The quantitative estimate of drug-likeness (QED) is 0.753. The average molecular weight is 304 g/mol. The van der Waals surface area contributed by atoms with Crippen molar-refractivity contribution < 1.29 is 5.11 Å². The maximum Gasteiger partial charge on any atom is 0.0556 e. The second-order valence-corrected chi connectivity index (χ2v) is 7.60. The smallest absolute Gasteiger partial charge is 0.0556 e. The predicted molar refractivity (Wildman–Crippen MR) is 94.5 cm³/mol. The Labute approximate surface area is 135 Å². The van der Waals surface area contributed by atoms with Crippen LogP contribution in [-0.4, -0.2) is 30.8 Å². The van der Waals surface area contributed by atoms with Gasteiger partial charge in [-0.25, -0.2) is 0 Å². The van der Waals surface area contributed by atoms with Crippen LogP contribution in [0.5, 0.6) is 0 Å². The molecule has 1 fully saturated rings. The molecule has 2 rings (SSSR count). The van der Waals surface area contributed by atoms with Crippen LogP contribution in [0.15, 0.2) is 24.3 Å². The number of hydrogen-bond donors (Lipinski definition) is 3. The van der Waals surface area contributed by atoms with E-state index in [9.17, 15) is 0 Å². The van der Waals surface area contributed by atoms with Crippen molar-refractivity contribution in [3.05, 3.63) is 29.8 Å². The summed E-state index contributed by atoms with van der Waals surface area (Å²) in [6, 6.07) is 9.48. The van der Waals surface area contributed by atoms with E-state index in [1.165, 1.54) is 36.9 Å². The van der Waals surface area contributed by atoms with Crippen molar-refractivity contribution in [3.63, 3.8) is 0 Å². The first-order valence-electron chi connectivity index (χ1n) is 8.67. The fraction of sp³-hybridized carbons (Fsp3) is 0.684. The lowest BCUT2D eigenvalue weighted by molar-refractivity contribution is 0.256. The van der Waals surface area contributed by atoms with Crippen molar-refractivity contribution in [2.45, 2.75) is 57.9 Å². The third kappa shape index (κ3) is 5.29. The van der Waals surface area contributed by atoms with Crippen molar-refractivity contribution in [3.8, 4) is 0 Å². The van der Waals surface area contributed by atoms with Gasteiger partial charge in [-0.1, -0.05) is 32.9 Å². The molecule has 124 valence electrons. The Morgan fingerprint density at radius 3 is 2.23 bits per heavy atom. The molecule has 1 aromatic carbocycles. The van der Waals surface area contributed by atoms with Gasteiger partial charge in [-0.05, 0) is 54.7 Å². The molecule has 0 bridgehead atoms. The predicted octanol–water partition coefficient (Wildman–Crippen LogP) is 3.54. The molecule has 1 saturated carbocycles. The summed E-state index contributed by atoms with van der Waals surface area (Å²) in [4.78, 5) is 0. The highest BCUT2D eigenvalue weighted by molar-refractivity contribution is 5.45. The highest BCUT2D eigenvalue weighted by Crippen LogP contribution is 2.26. The summed E-state index contributed by atoms with van der Waals surface area (Å²) in [6.45, 7) is 8.79. The van der Waals surface area contributed by atoms with Crippen molar-refractivity contribution in [2.75, 3.05) is 25.0 Å². The van der Waals surface area contributed by atoms with Gasteiger partial charge in [0, 0.05) is 24.8 Å². The van der Waals surface area contributed by atoms with Gasteiger partial charge in [0.15, 0.2) is 0 Å². The molecule has 3 nitrogen and oxygen atoms in total. The van der Waals surface area contributed by atoms with E-state index in [1.54, 1.807) is 0 Å². The molecule has 1 aromatic rings. The third-order valence-corrected chi connectivity index (χ3v) is 4.74. The molecule has 0 saturated heterocycles. The van der Waals surface area contributed by atoms with Gasteiger partial charge in [-0.15, -0.1) is 0 Å². The van der Waals surface area contributed by atoms with Gasteiger partial charge in [0.1, 0.15) is 0 Å². The van der Waals surface area contributed by atoms with Crippen LogP contribution in [0.4, 0.5) is 5.69 Å². The summed E-state index contributed by atoms with van der Waals surface area (Å²) in [5.41, 5.74) is 2.83. The molecule has 1 aliphatic carbocycles. The van der Waals surface area contributed by atoms with Gasteiger partial charge < -0.3 is 15.7 Å². The van der Waals surface area contributed by atoms with E-state index < -0.39 is 0 Å². The summed E-state index contributed by atoms with van der Waals surface area (Å²) >= 11 is 0. The van der Waals surface area contributed by atoms with Crippen LogP contribution in [0.1, 0.15) is 52.0 Å². The van der Waals surface area contributed by atoms with E-state index in [2.05, 4.69) is 55.7 Å². The number of nitrogens with one attached hydrogen (secondary N) is 2. The van der Waals surface area contributed by atoms with E-state index in [4.69, 9.17) is 5.11 Å². The molecule has 0 spiro atoms. The maximum absolute atomic E-state index is 8.86. The van der Waals surface area contributed by atoms with Crippen LogP contribution in [0.25, 0.3) is 0 Å². The van der Waals surface area contributed by atoms with E-state index >= 15 is 0 Å². The zero-order valence-electron chi connectivity index (χ0n) is 14.4. The molecule has 0 atom stereocenters. The average Bonchev–Trinajstić information content (AvgIpc) is 2.51. The summed E-state index contributed by atoms with van der Waals surface area (Å²) < 4.78 is 0. The number of hydrogen-bond acceptors (Lipinski definition) is 3. The Morgan fingerprint density at radius 1 is 1.05 bits per heavy atom. The van der Waals surface area contributed by atoms with E-state index in [0.717, 1.165) is 19.0 Å². The van der Waals surface area contributed by atoms with Gasteiger partial charge in [-0.3, -0.25) is 0 Å². The van der Waals surface area contributed by atoms with Gasteiger partial charge in [0.2, 0.25) is 0 Å². The Hall–Kier alpha value is -1.06. The fourth-order valence-corrected chi connectivity index (χ4v) is 3.19. The van der Waals surface area contributed by atoms with Crippen LogP contribution in [0, 0.1) is 5.92 Å². The van der Waals surface area contributed by atoms with E-state index in [0.29, 0.717) is 6.04 Å². The number of rotatable bonds is 6. The van der Waals surface area contributed by atoms with E-state index in [-0.39, 0.29) is 12.0 Å². The van der Waals surface area contributed by atoms with Crippen molar-refractivity contribution in [1.82, 2.24) is 5.32 Å². The summed E-state index contributed by atoms with van der Waals surface area (Å²) in [5, 5.41) is 15.9. The minimum atomic E-state index is 0.221. The molecule has 22 heavy (non-hydrogen) atoms. The zero-order valence-corrected chi connectivity index (χ0v) is 14.4. The zero-order chi connectivity index (χ0) is 16.0. The Balaban J connectivity index is 1.73. The molecule has 0 radical (unpaired) electrons. The first kappa shape index (κ1) is 17.3. The largest absolute Gasteiger partial charge is 0.395 e. The van der Waals surface area contributed by atoms with Gasteiger partial charge in [-0.2, -0.15) is 0 Å². The monoisotopic (exact) mass is 304 g/mol. The van der Waals surface area contributed by atoms with Gasteiger partial charge >= 0.3 is 0 Å². The van der Waals surface area contributed by atoms with Gasteiger partial charge in [0.05, 0.1) is 6.61 Å². The van der Waals surface area contributed by atoms with E-state index in [1.807, 2.05) is 0 Å². The lowest BCUT2D eigenvalue weighted by Crippen LogP contribution is -2.36. The van der Waals surface area contributed by atoms with Crippen LogP contribution in [0.3, 0.4) is 0 Å². The molecular formula is C19H32N2O. The van der Waals surface area contributed by atoms with Gasteiger partial charge in [0.25, 0.3) is 0 Å². The van der Waals surface area contributed by atoms with Crippen LogP contribution in [0.2, 0.25) is 0 Å². The second-order valence-electron chi connectivity index (χ2n) is 7.60. The second kappa shape index (κ2) is 7.98. The molecule has 0 aliphatic heterocycles. The van der Waals surface area contributed by atoms with Crippen molar-refractivity contribution in [1.29, 1.82) is 0 Å². The third-order valence-electron chi connectivity index (χ3n) is 4.74. The number of benzene rings is 1. The van der Waals surface area contributed by atoms with Crippen LogP contribution in [-0.2, 0) is 5.41 Å². The lowest BCUT2D eigenvalue weighted by atomic mass is 9.85. The first-order chi connectivity index (χ1) is 10.5. The number of aliphatic hydroxyl groups excluding tert-OH is 1. The minimum Gasteiger partial charge on any atom is -0.395 e. The molecule has 0 aromatic heterocycles. The van der Waals surface area contributed by atoms with Crippen LogP contribution < -0.4 is 10.6 Å². The fourth-order valence-electron chi connectivity index (χ4n) is 3.19. The van der Waals surface area contributed by atoms with Crippen molar-refractivity contribution >= 4 is 5.69 Å². The summed E-state index contributed by atoms with van der Waals surface area (Å²) in [5.74, 6) is 0.773. The molecule has 0 heterocycles. The topological polar surface area (TPSA) is 44.3 Å². The summed E-state index contributed by atoms with van der Waals surface area (Å²) in [7, 11) is 0. The molecular weight excluding hydrogens is 272 g/mol. The molecule has 3 heteroatoms. The number of anilines is 1. The normalized spacial score (nSPS) is 22.5. The first-order valence-corrected chi connectivity index (χ1v) is 8.67. The molecule has 3 N–H and O–H groups in total. The Bertz CT molecular complexity index is 428. The highest BCUT2D eigenvalue weighted by Gasteiger charge is 2.20. The Kier molecular flexibility index (Phi) is 6.27. The standard InChI is InChI=1S/C19H32N2O/c1-19(2,3)16-6-10-18(11-7-16)21-14-15-4-8-17(9-5-15)20-12-13-22/h6-7,10-11,15,17,20-22H,4-5,8-9,12-14H2,1-3H3/t15-,17-. The maximum atomic E-state index is 8.86. The number of aliphatic hydroxyl groups is 1. The molecule has 0 amide bonds. The minimum absolute atomic E-state index is 0.221. The molecule has 1 aliphatic rings. The van der Waals surface area contributed by atoms with Crippen molar-refractivity contribution in [2.24, 2.45) is 5.92 Å². The lowest BCUT2D eigenvalue weighted by Gasteiger charge is -2.29. The van der Waals surface area contributed by atoms with Crippen LogP contribution >= 0.6 is 0 Å². The SMILES string of the molecule is CC(C)(C)c1ccc(NC[C@H]2CC[C@H](NCCO)CC2)cc1.